The Morgan fingerprint density at radius 3 is 1.83 bits per heavy atom. The molecule has 2 heterocycles. The number of rotatable bonds is 21. The highest BCUT2D eigenvalue weighted by Crippen LogP contribution is 2.29. The van der Waals surface area contributed by atoms with Crippen LogP contribution in [-0.4, -0.2) is 95.6 Å². The van der Waals surface area contributed by atoms with Crippen LogP contribution in [0.25, 0.3) is 10.1 Å². The molecule has 1 saturated carbocycles. The van der Waals surface area contributed by atoms with E-state index in [1.807, 2.05) is 91.0 Å². The summed E-state index contributed by atoms with van der Waals surface area (Å²) in [5.74, 6) is -3.72. The molecule has 0 unspecified atom stereocenters. The SMILES string of the molecule is CC(=O)N[C@@H](Cc1ccccc1)C(=O)N[C@@H](CCN)C(=O)N1CCC[C@H]1C(=O)N[C@H](CC1CCCCC1)C(=O)N[C@@H](Cc1cc2ccccc2s1)C(=O)N[C@@H](Cc1ccccc1)C(N)=O. The topological polar surface area (TPSA) is 235 Å². The van der Waals surface area contributed by atoms with Crippen LogP contribution in [0.15, 0.2) is 91.0 Å². The van der Waals surface area contributed by atoms with E-state index in [2.05, 4.69) is 26.6 Å². The maximum absolute atomic E-state index is 14.6. The Morgan fingerprint density at radius 2 is 1.22 bits per heavy atom. The molecule has 6 atom stereocenters. The predicted octanol–water partition coefficient (Wildman–Crippen LogP) is 3.17. The van der Waals surface area contributed by atoms with Crippen molar-refractivity contribution in [2.75, 3.05) is 13.1 Å². The molecule has 346 valence electrons. The summed E-state index contributed by atoms with van der Waals surface area (Å²) in [5, 5.41) is 15.2. The number of nitrogens with zero attached hydrogens (tertiary/aromatic N) is 1. The smallest absolute Gasteiger partial charge is 0.245 e. The van der Waals surface area contributed by atoms with Crippen molar-refractivity contribution in [1.82, 2.24) is 31.5 Å². The molecule has 1 aromatic heterocycles. The molecule has 1 aliphatic carbocycles. The van der Waals surface area contributed by atoms with Crippen molar-refractivity contribution >= 4 is 62.8 Å². The third-order valence-corrected chi connectivity index (χ3v) is 13.4. The van der Waals surface area contributed by atoms with Gasteiger partial charge in [0.05, 0.1) is 0 Å². The minimum Gasteiger partial charge on any atom is -0.368 e. The van der Waals surface area contributed by atoms with Gasteiger partial charge in [0.15, 0.2) is 0 Å². The first-order valence-electron chi connectivity index (χ1n) is 22.7. The standard InChI is InChI=1S/C49H62N8O7S/c1-31(58)52-39(27-33-16-7-3-8-17-33)45(60)53-37(23-24-50)49(64)57-25-13-21-42(57)48(63)56-40(28-34-18-9-4-10-19-34)46(61)55-41(30-36-29-35-20-11-12-22-43(35)65-36)47(62)54-38(44(51)59)26-32-14-5-2-6-15-32/h2-3,5-8,11-12,14-17,20,22,29,34,37-42H,4,9-10,13,18-19,21,23-28,30,50H2,1H3,(H2,51,59)(H,52,58)(H,53,60)(H,54,62)(H,55,61)(H,56,63)/t37-,38-,39-,40+,41-,42-/m0/s1. The molecule has 6 rings (SSSR count). The number of primary amides is 1. The molecular formula is C49H62N8O7S. The molecule has 1 aliphatic heterocycles. The summed E-state index contributed by atoms with van der Waals surface area (Å²) in [5.41, 5.74) is 13.4. The molecule has 3 aromatic carbocycles. The maximum atomic E-state index is 14.6. The Morgan fingerprint density at radius 1 is 0.646 bits per heavy atom. The highest BCUT2D eigenvalue weighted by molar-refractivity contribution is 7.19. The van der Waals surface area contributed by atoms with Gasteiger partial charge in [-0.05, 0) is 66.8 Å². The number of hydrogen-bond donors (Lipinski definition) is 7. The quantitative estimate of drug-likeness (QED) is 0.0655. The third-order valence-electron chi connectivity index (χ3n) is 12.3. The van der Waals surface area contributed by atoms with Crippen molar-refractivity contribution in [3.8, 4) is 0 Å². The van der Waals surface area contributed by atoms with E-state index in [0.717, 1.165) is 58.2 Å². The molecule has 0 radical (unpaired) electrons. The van der Waals surface area contributed by atoms with Gasteiger partial charge in [-0.15, -0.1) is 11.3 Å². The molecule has 4 aromatic rings. The molecule has 65 heavy (non-hydrogen) atoms. The van der Waals surface area contributed by atoms with Crippen LogP contribution < -0.4 is 38.1 Å². The van der Waals surface area contributed by atoms with Gasteiger partial charge in [0.1, 0.15) is 36.3 Å². The second-order valence-electron chi connectivity index (χ2n) is 17.2. The number of carbonyl (C=O) groups excluding carboxylic acids is 7. The number of carbonyl (C=O) groups is 7. The summed E-state index contributed by atoms with van der Waals surface area (Å²) >= 11 is 1.50. The Hall–Kier alpha value is -6.13. The lowest BCUT2D eigenvalue weighted by molar-refractivity contribution is -0.142. The van der Waals surface area contributed by atoms with E-state index in [1.165, 1.54) is 23.2 Å². The Balaban J connectivity index is 1.20. The van der Waals surface area contributed by atoms with Gasteiger partial charge in [0.25, 0.3) is 0 Å². The zero-order chi connectivity index (χ0) is 46.3. The van der Waals surface area contributed by atoms with Crippen LogP contribution in [0.1, 0.15) is 80.7 Å². The van der Waals surface area contributed by atoms with Crippen LogP contribution in [0.2, 0.25) is 0 Å². The van der Waals surface area contributed by atoms with Gasteiger partial charge in [0, 0.05) is 42.3 Å². The van der Waals surface area contributed by atoms with Gasteiger partial charge in [-0.2, -0.15) is 0 Å². The molecule has 9 N–H and O–H groups in total. The number of nitrogens with one attached hydrogen (secondary N) is 5. The lowest BCUT2D eigenvalue weighted by Gasteiger charge is -2.32. The molecular weight excluding hydrogens is 845 g/mol. The lowest BCUT2D eigenvalue weighted by atomic mass is 9.84. The number of hydrogen-bond acceptors (Lipinski definition) is 9. The van der Waals surface area contributed by atoms with E-state index in [1.54, 1.807) is 0 Å². The second kappa shape index (κ2) is 23.7. The van der Waals surface area contributed by atoms with Gasteiger partial charge in [-0.25, -0.2) is 0 Å². The van der Waals surface area contributed by atoms with Crippen molar-refractivity contribution in [1.29, 1.82) is 0 Å². The average Bonchev–Trinajstić information content (AvgIpc) is 3.96. The van der Waals surface area contributed by atoms with Crippen LogP contribution in [0.4, 0.5) is 0 Å². The second-order valence-corrected chi connectivity index (χ2v) is 18.4. The fourth-order valence-electron chi connectivity index (χ4n) is 8.92. The Labute approximate surface area is 384 Å². The van der Waals surface area contributed by atoms with Gasteiger partial charge < -0.3 is 43.0 Å². The van der Waals surface area contributed by atoms with E-state index >= 15 is 0 Å². The number of thiophene rings is 1. The summed E-state index contributed by atoms with van der Waals surface area (Å²) in [6.45, 7) is 1.63. The van der Waals surface area contributed by atoms with Gasteiger partial charge in [0.2, 0.25) is 41.4 Å². The first-order valence-corrected chi connectivity index (χ1v) is 23.5. The first kappa shape index (κ1) is 48.3. The first-order chi connectivity index (χ1) is 31.4. The molecule has 15 nitrogen and oxygen atoms in total. The van der Waals surface area contributed by atoms with Gasteiger partial charge >= 0.3 is 0 Å². The lowest BCUT2D eigenvalue weighted by Crippen LogP contribution is -2.60. The number of fused-ring (bicyclic) bond motifs is 1. The fraction of sp³-hybridized carbons (Fsp3) is 0.449. The van der Waals surface area contributed by atoms with Crippen LogP contribution >= 0.6 is 11.3 Å². The molecule has 16 heteroatoms. The summed E-state index contributed by atoms with van der Waals surface area (Å²) in [7, 11) is 0. The summed E-state index contributed by atoms with van der Waals surface area (Å²) in [4.78, 5) is 98.2. The van der Waals surface area contributed by atoms with Crippen LogP contribution in [-0.2, 0) is 52.8 Å². The van der Waals surface area contributed by atoms with Gasteiger partial charge in [-0.3, -0.25) is 33.6 Å². The molecule has 2 fully saturated rings. The van der Waals surface area contributed by atoms with E-state index in [4.69, 9.17) is 11.5 Å². The minimum atomic E-state index is -1.13. The zero-order valence-electron chi connectivity index (χ0n) is 37.0. The monoisotopic (exact) mass is 906 g/mol. The van der Waals surface area contributed by atoms with Crippen LogP contribution in [0.5, 0.6) is 0 Å². The van der Waals surface area contributed by atoms with Crippen molar-refractivity contribution in [2.24, 2.45) is 17.4 Å². The van der Waals surface area contributed by atoms with Crippen LogP contribution in [0, 0.1) is 5.92 Å². The van der Waals surface area contributed by atoms with E-state index in [0.29, 0.717) is 19.3 Å². The summed E-state index contributed by atoms with van der Waals surface area (Å²) in [6.07, 6.45) is 6.54. The number of likely N-dealkylation sites (tertiary alicyclic amines) is 1. The average molecular weight is 907 g/mol. The minimum absolute atomic E-state index is 0.0667. The van der Waals surface area contributed by atoms with E-state index < -0.39 is 77.6 Å². The summed E-state index contributed by atoms with van der Waals surface area (Å²) in [6, 6.07) is 21.9. The maximum Gasteiger partial charge on any atom is 0.245 e. The number of nitrogens with two attached hydrogens (primary N) is 2. The number of amides is 7. The van der Waals surface area contributed by atoms with Crippen molar-refractivity contribution in [3.63, 3.8) is 0 Å². The highest BCUT2D eigenvalue weighted by atomic mass is 32.1. The molecule has 7 amide bonds. The van der Waals surface area contributed by atoms with Gasteiger partial charge in [-0.1, -0.05) is 111 Å². The Bertz CT molecular complexity index is 2230. The molecule has 1 saturated heterocycles. The van der Waals surface area contributed by atoms with E-state index in [-0.39, 0.29) is 44.7 Å². The fourth-order valence-corrected chi connectivity index (χ4v) is 10.0. The van der Waals surface area contributed by atoms with Crippen molar-refractivity contribution < 1.29 is 33.6 Å². The number of benzene rings is 3. The molecule has 0 bridgehead atoms. The predicted molar refractivity (Wildman–Crippen MR) is 250 cm³/mol. The van der Waals surface area contributed by atoms with Crippen molar-refractivity contribution in [2.45, 2.75) is 120 Å². The zero-order valence-corrected chi connectivity index (χ0v) is 37.8. The normalized spacial score (nSPS) is 17.5. The van der Waals surface area contributed by atoms with E-state index in [9.17, 15) is 33.6 Å². The van der Waals surface area contributed by atoms with Crippen molar-refractivity contribution in [3.05, 3.63) is 107 Å². The summed E-state index contributed by atoms with van der Waals surface area (Å²) < 4.78 is 1.01. The third kappa shape index (κ3) is 13.9. The molecule has 0 spiro atoms. The van der Waals surface area contributed by atoms with Crippen LogP contribution in [0.3, 0.4) is 0 Å². The Kier molecular flexibility index (Phi) is 17.6. The highest BCUT2D eigenvalue weighted by Gasteiger charge is 2.40. The molecule has 2 aliphatic rings. The largest absolute Gasteiger partial charge is 0.368 e.